The van der Waals surface area contributed by atoms with Gasteiger partial charge in [-0.25, -0.2) is 0 Å². The molecule has 0 N–H and O–H groups in total. The highest BCUT2D eigenvalue weighted by molar-refractivity contribution is 7.98. The molecule has 0 aliphatic rings. The van der Waals surface area contributed by atoms with Crippen molar-refractivity contribution in [2.24, 2.45) is 0 Å². The van der Waals surface area contributed by atoms with Crippen LogP contribution < -0.4 is 0 Å². The van der Waals surface area contributed by atoms with E-state index in [2.05, 4.69) is 15.4 Å². The van der Waals surface area contributed by atoms with Crippen LogP contribution in [0.3, 0.4) is 0 Å². The van der Waals surface area contributed by atoms with Gasteiger partial charge in [0.15, 0.2) is 16.7 Å². The van der Waals surface area contributed by atoms with E-state index in [1.54, 1.807) is 18.0 Å². The van der Waals surface area contributed by atoms with E-state index in [9.17, 15) is 0 Å². The number of thioether (sulfide) groups is 1. The molecule has 0 fully saturated rings. The van der Waals surface area contributed by atoms with E-state index in [0.29, 0.717) is 17.3 Å². The van der Waals surface area contributed by atoms with Gasteiger partial charge >= 0.3 is 0 Å². The van der Waals surface area contributed by atoms with E-state index in [-0.39, 0.29) is 0 Å². The van der Waals surface area contributed by atoms with Crippen LogP contribution in [-0.4, -0.2) is 19.9 Å². The first kappa shape index (κ1) is 17.5. The van der Waals surface area contributed by atoms with Crippen molar-refractivity contribution >= 4 is 11.8 Å². The summed E-state index contributed by atoms with van der Waals surface area (Å²) in [7, 11) is 0. The Hall–Kier alpha value is -3.58. The molecule has 6 nitrogen and oxygen atoms in total. The fourth-order valence-electron chi connectivity index (χ4n) is 3.00. The fraction of sp³-hybridized carbons (Fsp3) is 0.0455. The van der Waals surface area contributed by atoms with Crippen LogP contribution >= 0.6 is 11.8 Å². The molecule has 7 heteroatoms. The van der Waals surface area contributed by atoms with Crippen LogP contribution in [0.4, 0.5) is 0 Å². The molecule has 2 aromatic carbocycles. The Labute approximate surface area is 171 Å². The van der Waals surface area contributed by atoms with Crippen LogP contribution in [0.2, 0.25) is 0 Å². The lowest BCUT2D eigenvalue weighted by molar-refractivity contribution is 0.426. The monoisotopic (exact) mass is 400 g/mol. The topological polar surface area (TPSA) is 69.9 Å². The zero-order valence-electron chi connectivity index (χ0n) is 15.3. The van der Waals surface area contributed by atoms with E-state index in [4.69, 9.17) is 8.94 Å². The summed E-state index contributed by atoms with van der Waals surface area (Å²) in [6.45, 7) is 0. The predicted octanol–water partition coefficient (Wildman–Crippen LogP) is 5.47. The number of aromatic nitrogens is 4. The first-order valence-corrected chi connectivity index (χ1v) is 10.1. The Bertz CT molecular complexity index is 1200. The molecule has 0 spiro atoms. The number of furan rings is 1. The van der Waals surface area contributed by atoms with Crippen molar-refractivity contribution in [2.45, 2.75) is 10.9 Å². The van der Waals surface area contributed by atoms with Gasteiger partial charge in [-0.05, 0) is 24.3 Å². The Balaban J connectivity index is 1.43. The molecule has 0 aliphatic carbocycles. The molecule has 3 heterocycles. The quantitative estimate of drug-likeness (QED) is 0.352. The Morgan fingerprint density at radius 3 is 2.38 bits per heavy atom. The smallest absolute Gasteiger partial charge is 0.205 e. The Kier molecular flexibility index (Phi) is 4.72. The van der Waals surface area contributed by atoms with Gasteiger partial charge in [0.05, 0.1) is 12.0 Å². The highest BCUT2D eigenvalue weighted by Gasteiger charge is 2.18. The molecule has 29 heavy (non-hydrogen) atoms. The van der Waals surface area contributed by atoms with Crippen LogP contribution in [0.25, 0.3) is 28.6 Å². The van der Waals surface area contributed by atoms with E-state index >= 15 is 0 Å². The number of rotatable bonds is 6. The number of nitrogens with zero attached hydrogens (tertiary/aromatic N) is 4. The van der Waals surface area contributed by atoms with E-state index < -0.39 is 0 Å². The molecule has 0 saturated heterocycles. The van der Waals surface area contributed by atoms with Gasteiger partial charge in [0.2, 0.25) is 5.82 Å². The van der Waals surface area contributed by atoms with Crippen molar-refractivity contribution in [1.82, 2.24) is 19.9 Å². The standard InChI is InChI=1S/C22H16N4O2S/c1-3-8-16(9-4-1)20-14-17(25-28-20)15-29-22-24-23-21(19-12-7-13-27-19)26(22)18-10-5-2-6-11-18/h1-14H,15H2. The number of hydrogen-bond donors (Lipinski definition) is 0. The molecule has 5 rings (SSSR count). The summed E-state index contributed by atoms with van der Waals surface area (Å²) in [6.07, 6.45) is 1.63. The second-order valence-electron chi connectivity index (χ2n) is 6.29. The summed E-state index contributed by atoms with van der Waals surface area (Å²) in [4.78, 5) is 0. The predicted molar refractivity (Wildman–Crippen MR) is 111 cm³/mol. The molecule has 142 valence electrons. The molecule has 3 aromatic heterocycles. The third kappa shape index (κ3) is 3.60. The van der Waals surface area contributed by atoms with Crippen molar-refractivity contribution in [3.8, 4) is 28.6 Å². The molecule has 0 bridgehead atoms. The van der Waals surface area contributed by atoms with Crippen LogP contribution in [-0.2, 0) is 5.75 Å². The Morgan fingerprint density at radius 2 is 1.62 bits per heavy atom. The minimum Gasteiger partial charge on any atom is -0.461 e. The van der Waals surface area contributed by atoms with Crippen molar-refractivity contribution in [1.29, 1.82) is 0 Å². The molecule has 0 radical (unpaired) electrons. The first-order valence-electron chi connectivity index (χ1n) is 9.07. The molecule has 0 saturated carbocycles. The summed E-state index contributed by atoms with van der Waals surface area (Å²) >= 11 is 1.55. The van der Waals surface area contributed by atoms with E-state index in [1.165, 1.54) is 0 Å². The third-order valence-corrected chi connectivity index (χ3v) is 5.32. The lowest BCUT2D eigenvalue weighted by Gasteiger charge is -2.08. The number of para-hydroxylation sites is 1. The van der Waals surface area contributed by atoms with Gasteiger partial charge in [-0.3, -0.25) is 4.57 Å². The van der Waals surface area contributed by atoms with Gasteiger partial charge in [0.1, 0.15) is 0 Å². The van der Waals surface area contributed by atoms with Gasteiger partial charge in [-0.1, -0.05) is 65.4 Å². The lowest BCUT2D eigenvalue weighted by Crippen LogP contribution is -1.99. The fourth-order valence-corrected chi connectivity index (χ4v) is 3.83. The molecule has 0 aliphatic heterocycles. The van der Waals surface area contributed by atoms with Crippen molar-refractivity contribution in [3.05, 3.63) is 90.8 Å². The lowest BCUT2D eigenvalue weighted by atomic mass is 10.2. The first-order chi connectivity index (χ1) is 14.4. The number of benzene rings is 2. The van der Waals surface area contributed by atoms with Crippen molar-refractivity contribution in [2.75, 3.05) is 0 Å². The summed E-state index contributed by atoms with van der Waals surface area (Å²) in [5.74, 6) is 2.69. The normalized spacial score (nSPS) is 11.0. The zero-order chi connectivity index (χ0) is 19.5. The minimum atomic E-state index is 0.611. The molecule has 5 aromatic rings. The molecule has 0 amide bonds. The third-order valence-electron chi connectivity index (χ3n) is 4.36. The van der Waals surface area contributed by atoms with Crippen molar-refractivity contribution in [3.63, 3.8) is 0 Å². The SMILES string of the molecule is c1ccc(-c2cc(CSc3nnc(-c4ccco4)n3-c3ccccc3)no2)cc1. The van der Waals surface area contributed by atoms with Crippen LogP contribution in [0.1, 0.15) is 5.69 Å². The summed E-state index contributed by atoms with van der Waals surface area (Å²) in [5, 5.41) is 13.7. The highest BCUT2D eigenvalue weighted by Crippen LogP contribution is 2.30. The summed E-state index contributed by atoms with van der Waals surface area (Å²) < 4.78 is 13.0. The van der Waals surface area contributed by atoms with Crippen LogP contribution in [0, 0.1) is 0 Å². The second-order valence-corrected chi connectivity index (χ2v) is 7.23. The van der Waals surface area contributed by atoms with Gasteiger partial charge in [0, 0.05) is 23.1 Å². The average Bonchev–Trinajstić information content (AvgIpc) is 3.54. The van der Waals surface area contributed by atoms with Crippen molar-refractivity contribution < 1.29 is 8.94 Å². The van der Waals surface area contributed by atoms with Gasteiger partial charge in [-0.15, -0.1) is 10.2 Å². The highest BCUT2D eigenvalue weighted by atomic mass is 32.2. The summed E-state index contributed by atoms with van der Waals surface area (Å²) in [5.41, 5.74) is 2.82. The number of hydrogen-bond acceptors (Lipinski definition) is 6. The molecular formula is C22H16N4O2S. The van der Waals surface area contributed by atoms with Crippen LogP contribution in [0.15, 0.2) is 99.2 Å². The van der Waals surface area contributed by atoms with E-state index in [1.807, 2.05) is 83.4 Å². The maximum absolute atomic E-state index is 5.55. The van der Waals surface area contributed by atoms with Crippen LogP contribution in [0.5, 0.6) is 0 Å². The minimum absolute atomic E-state index is 0.611. The molecular weight excluding hydrogens is 384 g/mol. The maximum Gasteiger partial charge on any atom is 0.205 e. The van der Waals surface area contributed by atoms with Gasteiger partial charge < -0.3 is 8.94 Å². The summed E-state index contributed by atoms with van der Waals surface area (Å²) in [6, 6.07) is 25.6. The largest absolute Gasteiger partial charge is 0.461 e. The maximum atomic E-state index is 5.55. The Morgan fingerprint density at radius 1 is 0.828 bits per heavy atom. The zero-order valence-corrected chi connectivity index (χ0v) is 16.1. The van der Waals surface area contributed by atoms with Gasteiger partial charge in [0.25, 0.3) is 0 Å². The second kappa shape index (κ2) is 7.81. The molecule has 0 atom stereocenters. The molecule has 0 unspecified atom stereocenters. The average molecular weight is 400 g/mol. The van der Waals surface area contributed by atoms with Gasteiger partial charge in [-0.2, -0.15) is 0 Å². The van der Waals surface area contributed by atoms with E-state index in [0.717, 1.165) is 27.9 Å².